The zero-order chi connectivity index (χ0) is 19.9. The minimum absolute atomic E-state index is 0.00165. The van der Waals surface area contributed by atoms with Crippen LogP contribution in [-0.2, 0) is 34.2 Å². The van der Waals surface area contributed by atoms with E-state index in [-0.39, 0.29) is 23.9 Å². The van der Waals surface area contributed by atoms with Crippen molar-refractivity contribution in [3.63, 3.8) is 0 Å². The number of rotatable bonds is 4. The monoisotopic (exact) mass is 422 g/mol. The van der Waals surface area contributed by atoms with Crippen LogP contribution in [0.15, 0.2) is 22.3 Å². The van der Waals surface area contributed by atoms with Crippen molar-refractivity contribution in [3.05, 3.63) is 49.8 Å². The number of thiophene rings is 1. The number of likely N-dealkylation sites (tertiary alicyclic amines) is 1. The number of aromatic amines is 1. The van der Waals surface area contributed by atoms with E-state index in [1.807, 2.05) is 22.4 Å². The molecule has 2 aliphatic rings. The zero-order valence-corrected chi connectivity index (χ0v) is 17.2. The van der Waals surface area contributed by atoms with E-state index in [2.05, 4.69) is 9.97 Å². The number of H-pyrrole nitrogens is 1. The topological polar surface area (TPSA) is 103 Å². The fourth-order valence-electron chi connectivity index (χ4n) is 3.78. The highest BCUT2D eigenvalue weighted by Crippen LogP contribution is 2.26. The van der Waals surface area contributed by atoms with Gasteiger partial charge < -0.3 is 9.88 Å². The van der Waals surface area contributed by atoms with Gasteiger partial charge in [0.15, 0.2) is 0 Å². The molecule has 1 unspecified atom stereocenters. The van der Waals surface area contributed by atoms with E-state index in [0.717, 1.165) is 17.6 Å². The molecule has 0 aromatic carbocycles. The van der Waals surface area contributed by atoms with Crippen LogP contribution in [0, 0.1) is 0 Å². The standard InChI is InChI=1S/C18H22N4O4S2/c1-28(25,26)22-7-5-15-14(11-22)18(24)20-17(19-15)12-4-6-21(10-12)16(23)9-13-3-2-8-27-13/h2-3,8,12H,4-7,9-11H2,1H3,(H,19,20,24). The largest absolute Gasteiger partial charge is 0.342 e. The SMILES string of the molecule is CS(=O)(=O)N1CCc2nc(C3CCN(C(=O)Cc4cccs4)C3)[nH]c(=O)c2C1. The van der Waals surface area contributed by atoms with Crippen LogP contribution in [0.1, 0.15) is 34.3 Å². The second-order valence-corrected chi connectivity index (χ2v) is 10.3. The lowest BCUT2D eigenvalue weighted by atomic mass is 10.1. The average Bonchev–Trinajstić information content (AvgIpc) is 3.32. The maximum atomic E-state index is 12.5. The van der Waals surface area contributed by atoms with Gasteiger partial charge in [0, 0.05) is 43.4 Å². The molecular weight excluding hydrogens is 400 g/mol. The Labute approximate surface area is 167 Å². The lowest BCUT2D eigenvalue weighted by Gasteiger charge is -2.26. The summed E-state index contributed by atoms with van der Waals surface area (Å²) >= 11 is 1.57. The van der Waals surface area contributed by atoms with Crippen molar-refractivity contribution >= 4 is 27.3 Å². The number of nitrogens with zero attached hydrogens (tertiary/aromatic N) is 3. The quantitative estimate of drug-likeness (QED) is 0.782. The van der Waals surface area contributed by atoms with Gasteiger partial charge in [-0.15, -0.1) is 11.3 Å². The summed E-state index contributed by atoms with van der Waals surface area (Å²) in [4.78, 5) is 35.4. The lowest BCUT2D eigenvalue weighted by Crippen LogP contribution is -2.39. The molecule has 1 amide bonds. The van der Waals surface area contributed by atoms with Crippen LogP contribution in [0.4, 0.5) is 0 Å². The van der Waals surface area contributed by atoms with E-state index < -0.39 is 10.0 Å². The summed E-state index contributed by atoms with van der Waals surface area (Å²) in [7, 11) is -3.34. The van der Waals surface area contributed by atoms with Crippen molar-refractivity contribution in [3.8, 4) is 0 Å². The third kappa shape index (κ3) is 3.89. The normalized spacial score (nSPS) is 20.3. The molecule has 4 heterocycles. The van der Waals surface area contributed by atoms with Crippen molar-refractivity contribution in [1.29, 1.82) is 0 Å². The van der Waals surface area contributed by atoms with Gasteiger partial charge in [0.2, 0.25) is 15.9 Å². The van der Waals surface area contributed by atoms with Crippen LogP contribution in [-0.4, -0.2) is 59.4 Å². The van der Waals surface area contributed by atoms with Crippen LogP contribution in [0.25, 0.3) is 0 Å². The van der Waals surface area contributed by atoms with Crippen molar-refractivity contribution in [2.75, 3.05) is 25.9 Å². The average molecular weight is 423 g/mol. The third-order valence-electron chi connectivity index (χ3n) is 5.35. The van der Waals surface area contributed by atoms with Gasteiger partial charge in [0.05, 0.1) is 23.9 Å². The van der Waals surface area contributed by atoms with E-state index in [0.29, 0.717) is 49.6 Å². The number of nitrogens with one attached hydrogen (secondary N) is 1. The molecule has 1 fully saturated rings. The number of hydrogen-bond acceptors (Lipinski definition) is 6. The molecule has 150 valence electrons. The molecule has 8 nitrogen and oxygen atoms in total. The van der Waals surface area contributed by atoms with E-state index in [1.54, 1.807) is 11.3 Å². The van der Waals surface area contributed by atoms with E-state index >= 15 is 0 Å². The number of fused-ring (bicyclic) bond motifs is 1. The van der Waals surface area contributed by atoms with Crippen molar-refractivity contribution in [2.45, 2.75) is 31.7 Å². The van der Waals surface area contributed by atoms with Crippen LogP contribution in [0.2, 0.25) is 0 Å². The Morgan fingerprint density at radius 1 is 1.39 bits per heavy atom. The first-order valence-electron chi connectivity index (χ1n) is 9.18. The minimum Gasteiger partial charge on any atom is -0.342 e. The summed E-state index contributed by atoms with van der Waals surface area (Å²) < 4.78 is 24.8. The number of carbonyl (C=O) groups excluding carboxylic acids is 1. The zero-order valence-electron chi connectivity index (χ0n) is 15.6. The van der Waals surface area contributed by atoms with Gasteiger partial charge in [-0.3, -0.25) is 9.59 Å². The van der Waals surface area contributed by atoms with Gasteiger partial charge in [-0.2, -0.15) is 4.31 Å². The third-order valence-corrected chi connectivity index (χ3v) is 7.48. The molecule has 28 heavy (non-hydrogen) atoms. The molecule has 10 heteroatoms. The highest BCUT2D eigenvalue weighted by atomic mass is 32.2. The molecule has 2 aromatic heterocycles. The number of aromatic nitrogens is 2. The Morgan fingerprint density at radius 3 is 2.93 bits per heavy atom. The van der Waals surface area contributed by atoms with Crippen molar-refractivity contribution in [2.24, 2.45) is 0 Å². The molecule has 4 rings (SSSR count). The maximum absolute atomic E-state index is 12.5. The molecule has 0 bridgehead atoms. The van der Waals surface area contributed by atoms with Gasteiger partial charge >= 0.3 is 0 Å². The number of sulfonamides is 1. The highest BCUT2D eigenvalue weighted by Gasteiger charge is 2.31. The van der Waals surface area contributed by atoms with E-state index in [4.69, 9.17) is 0 Å². The van der Waals surface area contributed by atoms with Crippen molar-refractivity contribution < 1.29 is 13.2 Å². The summed E-state index contributed by atoms with van der Waals surface area (Å²) in [5.41, 5.74) is 0.808. The Bertz CT molecular complexity index is 1050. The van der Waals surface area contributed by atoms with Crippen molar-refractivity contribution in [1.82, 2.24) is 19.2 Å². The first-order valence-corrected chi connectivity index (χ1v) is 11.9. The Hall–Kier alpha value is -2.04. The molecule has 1 N–H and O–H groups in total. The van der Waals surface area contributed by atoms with Crippen LogP contribution >= 0.6 is 11.3 Å². The van der Waals surface area contributed by atoms with Gasteiger partial charge in [-0.25, -0.2) is 13.4 Å². The summed E-state index contributed by atoms with van der Waals surface area (Å²) in [6.45, 7) is 1.59. The Balaban J connectivity index is 1.48. The first kappa shape index (κ1) is 19.3. The fraction of sp³-hybridized carbons (Fsp3) is 0.500. The van der Waals surface area contributed by atoms with Gasteiger partial charge in [-0.1, -0.05) is 6.07 Å². The minimum atomic E-state index is -3.34. The molecule has 0 radical (unpaired) electrons. The summed E-state index contributed by atoms with van der Waals surface area (Å²) in [6.07, 6.45) is 2.73. The lowest BCUT2D eigenvalue weighted by molar-refractivity contribution is -0.129. The second-order valence-electron chi connectivity index (χ2n) is 7.30. The van der Waals surface area contributed by atoms with Gasteiger partial charge in [0.25, 0.3) is 5.56 Å². The van der Waals surface area contributed by atoms with Gasteiger partial charge in [0.1, 0.15) is 5.82 Å². The summed E-state index contributed by atoms with van der Waals surface area (Å²) in [5, 5.41) is 1.96. The summed E-state index contributed by atoms with van der Waals surface area (Å²) in [5.74, 6) is 0.690. The van der Waals surface area contributed by atoms with Crippen LogP contribution < -0.4 is 5.56 Å². The van der Waals surface area contributed by atoms with Crippen LogP contribution in [0.3, 0.4) is 0 Å². The molecular formula is C18H22N4O4S2. The first-order chi connectivity index (χ1) is 13.3. The number of hydrogen-bond donors (Lipinski definition) is 1. The molecule has 1 saturated heterocycles. The Kier molecular flexibility index (Phi) is 5.11. The molecule has 2 aliphatic heterocycles. The second kappa shape index (κ2) is 7.41. The Morgan fingerprint density at radius 2 is 2.21 bits per heavy atom. The highest BCUT2D eigenvalue weighted by molar-refractivity contribution is 7.88. The fourth-order valence-corrected chi connectivity index (χ4v) is 5.26. The predicted molar refractivity (Wildman–Crippen MR) is 106 cm³/mol. The smallest absolute Gasteiger partial charge is 0.255 e. The van der Waals surface area contributed by atoms with Crippen LogP contribution in [0.5, 0.6) is 0 Å². The molecule has 2 aromatic rings. The number of carbonyl (C=O) groups is 1. The van der Waals surface area contributed by atoms with Gasteiger partial charge in [-0.05, 0) is 17.9 Å². The summed E-state index contributed by atoms with van der Waals surface area (Å²) in [6, 6.07) is 3.89. The van der Waals surface area contributed by atoms with E-state index in [9.17, 15) is 18.0 Å². The molecule has 0 spiro atoms. The number of amides is 1. The molecule has 0 aliphatic carbocycles. The predicted octanol–water partition coefficient (Wildman–Crippen LogP) is 0.708. The molecule has 0 saturated carbocycles. The maximum Gasteiger partial charge on any atom is 0.255 e. The van der Waals surface area contributed by atoms with E-state index in [1.165, 1.54) is 4.31 Å². The molecule has 1 atom stereocenters.